The number of carbonyl (C=O) groups is 1. The van der Waals surface area contributed by atoms with Crippen molar-refractivity contribution >= 4 is 27.7 Å². The molecule has 1 heterocycles. The van der Waals surface area contributed by atoms with E-state index < -0.39 is 0 Å². The van der Waals surface area contributed by atoms with Crippen LogP contribution in [0.2, 0.25) is 0 Å². The molecule has 0 spiro atoms. The van der Waals surface area contributed by atoms with Crippen molar-refractivity contribution in [1.82, 2.24) is 4.57 Å². The van der Waals surface area contributed by atoms with E-state index in [0.29, 0.717) is 0 Å². The summed E-state index contributed by atoms with van der Waals surface area (Å²) >= 11 is 0. The number of para-hydroxylation sites is 1. The summed E-state index contributed by atoms with van der Waals surface area (Å²) in [5.74, 6) is 2.44. The van der Waals surface area contributed by atoms with Gasteiger partial charge in [-0.1, -0.05) is 36.8 Å². The van der Waals surface area contributed by atoms with E-state index in [4.69, 9.17) is 6.42 Å². The molecule has 0 unspecified atom stereocenters. The van der Waals surface area contributed by atoms with Gasteiger partial charge in [0.25, 0.3) is 5.91 Å². The highest BCUT2D eigenvalue weighted by molar-refractivity contribution is 6.15. The molecule has 2 aromatic carbocycles. The van der Waals surface area contributed by atoms with Gasteiger partial charge in [0.2, 0.25) is 0 Å². The molecule has 0 radical (unpaired) electrons. The Morgan fingerprint density at radius 3 is 2.63 bits per heavy atom. The Bertz CT molecular complexity index is 862. The second-order valence-corrected chi connectivity index (χ2v) is 4.27. The molecule has 2 heteroatoms. The van der Waals surface area contributed by atoms with Crippen LogP contribution in [-0.2, 0) is 0 Å². The van der Waals surface area contributed by atoms with E-state index in [-0.39, 0.29) is 5.91 Å². The van der Waals surface area contributed by atoms with E-state index in [1.54, 1.807) is 4.57 Å². The molecule has 1 aromatic heterocycles. The monoisotopic (exact) mass is 245 g/mol. The number of fused-ring (bicyclic) bond motifs is 3. The molecule has 0 atom stereocenters. The summed E-state index contributed by atoms with van der Waals surface area (Å²) in [6.45, 7) is 3.56. The lowest BCUT2D eigenvalue weighted by Gasteiger charge is -2.02. The van der Waals surface area contributed by atoms with Gasteiger partial charge in [-0.05, 0) is 24.3 Å². The second-order valence-electron chi connectivity index (χ2n) is 4.27. The lowest BCUT2D eigenvalue weighted by atomic mass is 10.1. The van der Waals surface area contributed by atoms with Gasteiger partial charge in [0, 0.05) is 16.3 Å². The summed E-state index contributed by atoms with van der Waals surface area (Å²) in [5.41, 5.74) is 2.45. The van der Waals surface area contributed by atoms with Crippen molar-refractivity contribution < 1.29 is 4.79 Å². The Hall–Kier alpha value is -2.79. The molecule has 0 N–H and O–H groups in total. The minimum atomic E-state index is -0.152. The van der Waals surface area contributed by atoms with E-state index in [2.05, 4.69) is 12.5 Å². The van der Waals surface area contributed by atoms with Gasteiger partial charge in [-0.15, -0.1) is 6.42 Å². The summed E-state index contributed by atoms with van der Waals surface area (Å²) in [4.78, 5) is 12.1. The fourth-order valence-electron chi connectivity index (χ4n) is 2.39. The molecule has 0 aliphatic heterocycles. The molecule has 0 saturated carbocycles. The molecule has 0 amide bonds. The topological polar surface area (TPSA) is 22.0 Å². The Labute approximate surface area is 111 Å². The first-order valence-electron chi connectivity index (χ1n) is 5.93. The maximum Gasteiger partial charge on any atom is 0.254 e. The zero-order valence-electron chi connectivity index (χ0n) is 10.3. The van der Waals surface area contributed by atoms with Gasteiger partial charge < -0.3 is 0 Å². The second kappa shape index (κ2) is 4.15. The molecule has 0 saturated heterocycles. The van der Waals surface area contributed by atoms with Crippen molar-refractivity contribution in [2.45, 2.75) is 0 Å². The molecule has 0 aliphatic carbocycles. The predicted octanol–water partition coefficient (Wildman–Crippen LogP) is 3.60. The summed E-state index contributed by atoms with van der Waals surface area (Å²) in [5, 5.41) is 2.06. The Morgan fingerprint density at radius 2 is 1.89 bits per heavy atom. The molecule has 0 fully saturated rings. The van der Waals surface area contributed by atoms with Crippen LogP contribution in [0.25, 0.3) is 21.8 Å². The van der Waals surface area contributed by atoms with Gasteiger partial charge in [0.05, 0.1) is 11.0 Å². The summed E-state index contributed by atoms with van der Waals surface area (Å²) < 4.78 is 1.65. The van der Waals surface area contributed by atoms with Crippen molar-refractivity contribution in [3.8, 4) is 12.3 Å². The molecule has 19 heavy (non-hydrogen) atoms. The van der Waals surface area contributed by atoms with Gasteiger partial charge >= 0.3 is 0 Å². The van der Waals surface area contributed by atoms with Crippen LogP contribution < -0.4 is 0 Å². The van der Waals surface area contributed by atoms with Crippen molar-refractivity contribution in [2.24, 2.45) is 0 Å². The molecule has 0 aliphatic rings. The highest BCUT2D eigenvalue weighted by Gasteiger charge is 2.13. The number of carbonyl (C=O) groups excluding carboxylic acids is 1. The van der Waals surface area contributed by atoms with Crippen LogP contribution in [0.5, 0.6) is 0 Å². The van der Waals surface area contributed by atoms with Crippen LogP contribution in [0.3, 0.4) is 0 Å². The highest BCUT2D eigenvalue weighted by atomic mass is 16.1. The van der Waals surface area contributed by atoms with E-state index in [1.807, 2.05) is 42.5 Å². The number of aromatic nitrogens is 1. The number of hydrogen-bond donors (Lipinski definition) is 0. The Balaban J connectivity index is 2.56. The predicted molar refractivity (Wildman–Crippen MR) is 78.2 cm³/mol. The maximum absolute atomic E-state index is 12.1. The molecule has 2 nitrogen and oxygen atoms in total. The van der Waals surface area contributed by atoms with Crippen molar-refractivity contribution in [2.75, 3.05) is 0 Å². The first-order chi connectivity index (χ1) is 9.26. The number of hydrogen-bond acceptors (Lipinski definition) is 1. The van der Waals surface area contributed by atoms with Crippen molar-refractivity contribution in [3.63, 3.8) is 0 Å². The fourth-order valence-corrected chi connectivity index (χ4v) is 2.39. The zero-order valence-corrected chi connectivity index (χ0v) is 10.3. The van der Waals surface area contributed by atoms with E-state index >= 15 is 0 Å². The number of allylic oxidation sites excluding steroid dienone is 1. The van der Waals surface area contributed by atoms with Crippen LogP contribution in [-0.4, -0.2) is 10.5 Å². The SMILES string of the molecule is C#Cc1ccc2c3ccccc3n(C(=O)C=C)c2c1. The van der Waals surface area contributed by atoms with Crippen LogP contribution in [0.4, 0.5) is 0 Å². The minimum Gasteiger partial charge on any atom is -0.276 e. The largest absolute Gasteiger partial charge is 0.276 e. The number of terminal acetylenes is 1. The third-order valence-electron chi connectivity index (χ3n) is 3.24. The van der Waals surface area contributed by atoms with Crippen LogP contribution in [0, 0.1) is 12.3 Å². The lowest BCUT2D eigenvalue weighted by molar-refractivity contribution is 0.0978. The average Bonchev–Trinajstić information content (AvgIpc) is 2.80. The summed E-state index contributed by atoms with van der Waals surface area (Å²) in [6.07, 6.45) is 6.74. The third-order valence-corrected chi connectivity index (χ3v) is 3.24. The highest BCUT2D eigenvalue weighted by Crippen LogP contribution is 2.29. The van der Waals surface area contributed by atoms with E-state index in [0.717, 1.165) is 27.4 Å². The maximum atomic E-state index is 12.1. The summed E-state index contributed by atoms with van der Waals surface area (Å²) in [7, 11) is 0. The average molecular weight is 245 g/mol. The standard InChI is InChI=1S/C17H11NO/c1-3-12-9-10-14-13-7-5-6-8-15(13)18(16(14)11-12)17(19)4-2/h1,4-11H,2H2. The van der Waals surface area contributed by atoms with Crippen LogP contribution in [0.1, 0.15) is 10.4 Å². The summed E-state index contributed by atoms with van der Waals surface area (Å²) in [6, 6.07) is 13.5. The third kappa shape index (κ3) is 1.56. The smallest absolute Gasteiger partial charge is 0.254 e. The number of rotatable bonds is 1. The van der Waals surface area contributed by atoms with E-state index in [9.17, 15) is 4.79 Å². The first kappa shape index (κ1) is 11.3. The number of benzene rings is 2. The Morgan fingerprint density at radius 1 is 1.16 bits per heavy atom. The number of nitrogens with zero attached hydrogens (tertiary/aromatic N) is 1. The van der Waals surface area contributed by atoms with Gasteiger partial charge in [0.1, 0.15) is 0 Å². The normalized spacial score (nSPS) is 10.5. The van der Waals surface area contributed by atoms with Crippen LogP contribution >= 0.6 is 0 Å². The zero-order chi connectivity index (χ0) is 13.4. The van der Waals surface area contributed by atoms with Gasteiger partial charge in [-0.25, -0.2) is 0 Å². The quantitative estimate of drug-likeness (QED) is 0.474. The van der Waals surface area contributed by atoms with Gasteiger partial charge in [0.15, 0.2) is 0 Å². The molecule has 90 valence electrons. The van der Waals surface area contributed by atoms with Crippen molar-refractivity contribution in [3.05, 3.63) is 60.7 Å². The van der Waals surface area contributed by atoms with Crippen molar-refractivity contribution in [1.29, 1.82) is 0 Å². The van der Waals surface area contributed by atoms with Crippen LogP contribution in [0.15, 0.2) is 55.1 Å². The molecular weight excluding hydrogens is 234 g/mol. The molecule has 0 bridgehead atoms. The lowest BCUT2D eigenvalue weighted by Crippen LogP contribution is -2.06. The minimum absolute atomic E-state index is 0.152. The van der Waals surface area contributed by atoms with Gasteiger partial charge in [-0.2, -0.15) is 0 Å². The first-order valence-corrected chi connectivity index (χ1v) is 5.93. The molecule has 3 aromatic rings. The fraction of sp³-hybridized carbons (Fsp3) is 0. The molecular formula is C17H11NO. The molecule has 3 rings (SSSR count). The van der Waals surface area contributed by atoms with Gasteiger partial charge in [-0.3, -0.25) is 9.36 Å². The van der Waals surface area contributed by atoms with E-state index in [1.165, 1.54) is 6.08 Å². The Kier molecular flexibility index (Phi) is 2.47.